The van der Waals surface area contributed by atoms with Crippen LogP contribution >= 0.6 is 15.9 Å². The first kappa shape index (κ1) is 17.4. The second kappa shape index (κ2) is 8.64. The van der Waals surface area contributed by atoms with E-state index >= 15 is 0 Å². The number of rotatable bonds is 7. The lowest BCUT2D eigenvalue weighted by Gasteiger charge is -2.10. The van der Waals surface area contributed by atoms with Gasteiger partial charge in [-0.2, -0.15) is 0 Å². The zero-order valence-corrected chi connectivity index (χ0v) is 14.8. The third-order valence-electron chi connectivity index (χ3n) is 3.23. The van der Waals surface area contributed by atoms with Gasteiger partial charge in [0.05, 0.1) is 16.9 Å². The van der Waals surface area contributed by atoms with E-state index in [9.17, 15) is 4.79 Å². The fourth-order valence-electron chi connectivity index (χ4n) is 2.03. The number of carbonyl (C=O) groups excluding carboxylic acids is 1. The zero-order chi connectivity index (χ0) is 16.7. The SMILES string of the molecule is COCCCNc1cncc(C(=O)Nc2ccc(C)cc2Br)c1. The molecule has 23 heavy (non-hydrogen) atoms. The van der Waals surface area contributed by atoms with Gasteiger partial charge < -0.3 is 15.4 Å². The third kappa shape index (κ3) is 5.33. The molecule has 2 aromatic rings. The second-order valence-electron chi connectivity index (χ2n) is 5.17. The molecule has 2 N–H and O–H groups in total. The van der Waals surface area contributed by atoms with Gasteiger partial charge in [0.15, 0.2) is 0 Å². The minimum Gasteiger partial charge on any atom is -0.385 e. The topological polar surface area (TPSA) is 63.2 Å². The molecule has 1 aromatic heterocycles. The van der Waals surface area contributed by atoms with Gasteiger partial charge in [-0.3, -0.25) is 9.78 Å². The summed E-state index contributed by atoms with van der Waals surface area (Å²) in [4.78, 5) is 16.5. The van der Waals surface area contributed by atoms with Crippen molar-refractivity contribution in [1.82, 2.24) is 4.98 Å². The van der Waals surface area contributed by atoms with Crippen LogP contribution in [0.25, 0.3) is 0 Å². The molecule has 0 saturated carbocycles. The van der Waals surface area contributed by atoms with Crippen molar-refractivity contribution in [3.63, 3.8) is 0 Å². The molecule has 2 rings (SSSR count). The van der Waals surface area contributed by atoms with E-state index in [1.807, 2.05) is 25.1 Å². The lowest BCUT2D eigenvalue weighted by Crippen LogP contribution is -2.13. The van der Waals surface area contributed by atoms with Gasteiger partial charge in [0, 0.05) is 37.1 Å². The molecule has 0 bridgehead atoms. The molecular weight excluding hydrogens is 358 g/mol. The Bertz CT molecular complexity index is 677. The minimum atomic E-state index is -0.192. The number of hydrogen-bond donors (Lipinski definition) is 2. The van der Waals surface area contributed by atoms with Crippen molar-refractivity contribution in [2.75, 3.05) is 30.9 Å². The van der Waals surface area contributed by atoms with Gasteiger partial charge in [-0.15, -0.1) is 0 Å². The van der Waals surface area contributed by atoms with Gasteiger partial charge in [-0.05, 0) is 53.0 Å². The number of amides is 1. The van der Waals surface area contributed by atoms with E-state index in [-0.39, 0.29) is 5.91 Å². The van der Waals surface area contributed by atoms with Gasteiger partial charge in [-0.25, -0.2) is 0 Å². The highest BCUT2D eigenvalue weighted by Gasteiger charge is 2.09. The molecule has 1 aromatic carbocycles. The number of benzene rings is 1. The van der Waals surface area contributed by atoms with Crippen molar-refractivity contribution >= 4 is 33.2 Å². The quantitative estimate of drug-likeness (QED) is 0.719. The summed E-state index contributed by atoms with van der Waals surface area (Å²) in [6, 6.07) is 7.57. The van der Waals surface area contributed by atoms with Crippen LogP contribution in [0, 0.1) is 6.92 Å². The highest BCUT2D eigenvalue weighted by atomic mass is 79.9. The Balaban J connectivity index is 2.01. The molecule has 0 unspecified atom stereocenters. The van der Waals surface area contributed by atoms with Gasteiger partial charge in [0.1, 0.15) is 0 Å². The van der Waals surface area contributed by atoms with E-state index in [2.05, 4.69) is 31.5 Å². The number of methoxy groups -OCH3 is 1. The Morgan fingerprint density at radius 1 is 1.30 bits per heavy atom. The summed E-state index contributed by atoms with van der Waals surface area (Å²) in [6.45, 7) is 3.46. The molecule has 0 aliphatic rings. The van der Waals surface area contributed by atoms with E-state index in [1.165, 1.54) is 0 Å². The van der Waals surface area contributed by atoms with Crippen molar-refractivity contribution in [1.29, 1.82) is 0 Å². The molecule has 0 aliphatic carbocycles. The standard InChI is InChI=1S/C17H20BrN3O2/c1-12-4-5-16(15(18)8-12)21-17(22)13-9-14(11-19-10-13)20-6-3-7-23-2/h4-5,8-11,20H,3,6-7H2,1-2H3,(H,21,22). The van der Waals surface area contributed by atoms with Crippen LogP contribution in [0.4, 0.5) is 11.4 Å². The summed E-state index contributed by atoms with van der Waals surface area (Å²) in [7, 11) is 1.68. The monoisotopic (exact) mass is 377 g/mol. The number of nitrogens with one attached hydrogen (secondary N) is 2. The maximum Gasteiger partial charge on any atom is 0.257 e. The van der Waals surface area contributed by atoms with Crippen LogP contribution in [0.3, 0.4) is 0 Å². The summed E-state index contributed by atoms with van der Waals surface area (Å²) >= 11 is 3.46. The van der Waals surface area contributed by atoms with Crippen LogP contribution in [-0.4, -0.2) is 31.2 Å². The van der Waals surface area contributed by atoms with Crippen LogP contribution < -0.4 is 10.6 Å². The summed E-state index contributed by atoms with van der Waals surface area (Å²) in [6.07, 6.45) is 4.15. The number of halogens is 1. The van der Waals surface area contributed by atoms with Crippen molar-refractivity contribution in [2.45, 2.75) is 13.3 Å². The van der Waals surface area contributed by atoms with Crippen LogP contribution in [0.1, 0.15) is 22.3 Å². The largest absolute Gasteiger partial charge is 0.385 e. The molecule has 0 fully saturated rings. The van der Waals surface area contributed by atoms with E-state index in [0.717, 1.165) is 34.4 Å². The molecule has 0 radical (unpaired) electrons. The van der Waals surface area contributed by atoms with E-state index < -0.39 is 0 Å². The molecule has 122 valence electrons. The Labute approximate surface area is 144 Å². The van der Waals surface area contributed by atoms with Gasteiger partial charge in [0.25, 0.3) is 5.91 Å². The Hall–Kier alpha value is -1.92. The molecule has 0 spiro atoms. The summed E-state index contributed by atoms with van der Waals surface area (Å²) in [5, 5.41) is 6.11. The second-order valence-corrected chi connectivity index (χ2v) is 6.03. The van der Waals surface area contributed by atoms with Gasteiger partial charge in [-0.1, -0.05) is 6.07 Å². The molecule has 0 atom stereocenters. The number of anilines is 2. The van der Waals surface area contributed by atoms with Crippen LogP contribution in [0.15, 0.2) is 41.1 Å². The number of pyridine rings is 1. The summed E-state index contributed by atoms with van der Waals surface area (Å²) in [5.74, 6) is -0.192. The van der Waals surface area contributed by atoms with E-state index in [1.54, 1.807) is 25.6 Å². The first-order valence-corrected chi connectivity index (χ1v) is 8.15. The average molecular weight is 378 g/mol. The number of aryl methyl sites for hydroxylation is 1. The van der Waals surface area contributed by atoms with Crippen molar-refractivity contribution in [3.05, 3.63) is 52.3 Å². The fraction of sp³-hybridized carbons (Fsp3) is 0.294. The predicted molar refractivity (Wildman–Crippen MR) is 96.1 cm³/mol. The van der Waals surface area contributed by atoms with Crippen molar-refractivity contribution in [2.24, 2.45) is 0 Å². The minimum absolute atomic E-state index is 0.192. The molecule has 1 amide bonds. The lowest BCUT2D eigenvalue weighted by molar-refractivity contribution is 0.102. The van der Waals surface area contributed by atoms with Crippen LogP contribution in [-0.2, 0) is 4.74 Å². The fourth-order valence-corrected chi connectivity index (χ4v) is 2.62. The highest BCUT2D eigenvalue weighted by Crippen LogP contribution is 2.24. The van der Waals surface area contributed by atoms with Gasteiger partial charge >= 0.3 is 0 Å². The molecule has 6 heteroatoms. The third-order valence-corrected chi connectivity index (χ3v) is 3.88. The van der Waals surface area contributed by atoms with E-state index in [4.69, 9.17) is 4.74 Å². The van der Waals surface area contributed by atoms with E-state index in [0.29, 0.717) is 12.2 Å². The van der Waals surface area contributed by atoms with Crippen LogP contribution in [0.5, 0.6) is 0 Å². The molecule has 5 nitrogen and oxygen atoms in total. The Morgan fingerprint density at radius 3 is 2.87 bits per heavy atom. The average Bonchev–Trinajstić information content (AvgIpc) is 2.54. The first-order valence-electron chi connectivity index (χ1n) is 7.35. The number of nitrogens with zero attached hydrogens (tertiary/aromatic N) is 1. The Kier molecular flexibility index (Phi) is 6.55. The molecular formula is C17H20BrN3O2. The Morgan fingerprint density at radius 2 is 2.13 bits per heavy atom. The van der Waals surface area contributed by atoms with Crippen molar-refractivity contribution in [3.8, 4) is 0 Å². The lowest BCUT2D eigenvalue weighted by atomic mass is 10.2. The molecule has 0 aliphatic heterocycles. The number of carbonyl (C=O) groups is 1. The number of aromatic nitrogens is 1. The first-order chi connectivity index (χ1) is 11.1. The summed E-state index contributed by atoms with van der Waals surface area (Å²) in [5.41, 5.74) is 3.18. The zero-order valence-electron chi connectivity index (χ0n) is 13.2. The highest BCUT2D eigenvalue weighted by molar-refractivity contribution is 9.10. The molecule has 1 heterocycles. The normalized spacial score (nSPS) is 10.4. The van der Waals surface area contributed by atoms with Gasteiger partial charge in [0.2, 0.25) is 0 Å². The maximum atomic E-state index is 12.4. The summed E-state index contributed by atoms with van der Waals surface area (Å²) < 4.78 is 5.86. The number of ether oxygens (including phenoxy) is 1. The van der Waals surface area contributed by atoms with Crippen LogP contribution in [0.2, 0.25) is 0 Å². The van der Waals surface area contributed by atoms with Crippen molar-refractivity contribution < 1.29 is 9.53 Å². The number of hydrogen-bond acceptors (Lipinski definition) is 4. The predicted octanol–water partition coefficient (Wildman–Crippen LogP) is 3.85. The maximum absolute atomic E-state index is 12.4. The molecule has 0 saturated heterocycles. The smallest absolute Gasteiger partial charge is 0.257 e.